The molecule has 2 fully saturated rings. The fourth-order valence-corrected chi connectivity index (χ4v) is 6.76. The van der Waals surface area contributed by atoms with Crippen LogP contribution in [0.15, 0.2) is 54.2 Å². The van der Waals surface area contributed by atoms with E-state index in [0.29, 0.717) is 11.8 Å². The first-order chi connectivity index (χ1) is 18.0. The molecule has 2 aliphatic rings. The molecule has 0 atom stereocenters. The van der Waals surface area contributed by atoms with Crippen molar-refractivity contribution in [3.05, 3.63) is 65.3 Å². The summed E-state index contributed by atoms with van der Waals surface area (Å²) in [7, 11) is 1.72. The molecule has 1 amide bonds. The molecule has 6 heteroatoms. The highest BCUT2D eigenvalue weighted by molar-refractivity contribution is 7.13. The Bertz CT molecular complexity index is 1180. The first kappa shape index (κ1) is 25.9. The number of aryl methyl sites for hydroxylation is 1. The molecule has 37 heavy (non-hydrogen) atoms. The number of methoxy groups -OCH3 is 1. The SMILES string of the molecule is COc1ccc([C@H]2CC[C@H](CN(c3cccc(-c4cncs4)c3)C(=O)[C@H]3CC[C@H](O)CC3)CC2)cc1C. The van der Waals surface area contributed by atoms with Crippen LogP contribution in [0, 0.1) is 18.8 Å². The zero-order valence-corrected chi connectivity index (χ0v) is 22.8. The Morgan fingerprint density at radius 3 is 2.51 bits per heavy atom. The molecule has 2 saturated carbocycles. The molecule has 5 rings (SSSR count). The number of nitrogens with zero attached hydrogens (tertiary/aromatic N) is 2. The van der Waals surface area contributed by atoms with E-state index in [1.165, 1.54) is 11.1 Å². The van der Waals surface area contributed by atoms with Crippen molar-refractivity contribution >= 4 is 22.9 Å². The summed E-state index contributed by atoms with van der Waals surface area (Å²) in [6, 6.07) is 15.0. The van der Waals surface area contributed by atoms with Crippen LogP contribution in [0.4, 0.5) is 5.69 Å². The Morgan fingerprint density at radius 2 is 1.84 bits per heavy atom. The molecule has 0 aliphatic heterocycles. The van der Waals surface area contributed by atoms with Gasteiger partial charge in [-0.2, -0.15) is 0 Å². The zero-order valence-electron chi connectivity index (χ0n) is 21.9. The molecule has 0 unspecified atom stereocenters. The fraction of sp³-hybridized carbons (Fsp3) is 0.484. The molecule has 3 aromatic rings. The Hall–Kier alpha value is -2.70. The number of carbonyl (C=O) groups excluding carboxylic acids is 1. The van der Waals surface area contributed by atoms with E-state index in [1.54, 1.807) is 18.4 Å². The van der Waals surface area contributed by atoms with E-state index >= 15 is 0 Å². The lowest BCUT2D eigenvalue weighted by Crippen LogP contribution is -2.41. The smallest absolute Gasteiger partial charge is 0.230 e. The van der Waals surface area contributed by atoms with Crippen molar-refractivity contribution in [2.75, 3.05) is 18.6 Å². The van der Waals surface area contributed by atoms with E-state index in [4.69, 9.17) is 4.74 Å². The number of ether oxygens (including phenoxy) is 1. The molecule has 1 heterocycles. The molecule has 1 N–H and O–H groups in total. The second-order valence-corrected chi connectivity index (χ2v) is 11.7. The molecule has 2 aromatic carbocycles. The molecule has 5 nitrogen and oxygen atoms in total. The van der Waals surface area contributed by atoms with Crippen LogP contribution in [0.1, 0.15) is 68.4 Å². The normalized spacial score (nSPS) is 24.0. The average Bonchev–Trinajstić information content (AvgIpc) is 3.47. The fourth-order valence-electron chi connectivity index (χ4n) is 6.14. The lowest BCUT2D eigenvalue weighted by molar-refractivity contribution is -0.124. The van der Waals surface area contributed by atoms with Crippen LogP contribution < -0.4 is 9.64 Å². The molecule has 0 spiro atoms. The summed E-state index contributed by atoms with van der Waals surface area (Å²) in [5.41, 5.74) is 6.53. The number of aliphatic hydroxyl groups is 1. The van der Waals surface area contributed by atoms with Gasteiger partial charge in [-0.3, -0.25) is 9.78 Å². The van der Waals surface area contributed by atoms with Crippen molar-refractivity contribution in [2.24, 2.45) is 11.8 Å². The molecular weight excluding hydrogens is 480 g/mol. The number of anilines is 1. The summed E-state index contributed by atoms with van der Waals surface area (Å²) >= 11 is 1.62. The number of hydrogen-bond donors (Lipinski definition) is 1. The van der Waals surface area contributed by atoms with Crippen molar-refractivity contribution in [3.8, 4) is 16.2 Å². The lowest BCUT2D eigenvalue weighted by atomic mass is 9.78. The van der Waals surface area contributed by atoms with Crippen LogP contribution in [0.25, 0.3) is 10.4 Å². The Morgan fingerprint density at radius 1 is 1.05 bits per heavy atom. The van der Waals surface area contributed by atoms with Gasteiger partial charge in [0, 0.05) is 24.3 Å². The Balaban J connectivity index is 1.31. The summed E-state index contributed by atoms with van der Waals surface area (Å²) in [6.45, 7) is 2.88. The Kier molecular flexibility index (Phi) is 8.26. The van der Waals surface area contributed by atoms with E-state index in [0.717, 1.165) is 79.8 Å². The van der Waals surface area contributed by atoms with Gasteiger partial charge >= 0.3 is 0 Å². The molecule has 0 saturated heterocycles. The van der Waals surface area contributed by atoms with E-state index in [-0.39, 0.29) is 17.9 Å². The molecule has 0 radical (unpaired) electrons. The van der Waals surface area contributed by atoms with Gasteiger partial charge in [-0.05, 0) is 105 Å². The predicted octanol–water partition coefficient (Wildman–Crippen LogP) is 6.99. The highest BCUT2D eigenvalue weighted by Crippen LogP contribution is 2.39. The van der Waals surface area contributed by atoms with E-state index in [1.807, 2.05) is 11.7 Å². The highest BCUT2D eigenvalue weighted by atomic mass is 32.1. The third-order valence-electron chi connectivity index (χ3n) is 8.36. The number of amides is 1. The molecule has 0 bridgehead atoms. The van der Waals surface area contributed by atoms with Crippen molar-refractivity contribution in [3.63, 3.8) is 0 Å². The monoisotopic (exact) mass is 518 g/mol. The topological polar surface area (TPSA) is 62.7 Å². The van der Waals surface area contributed by atoms with Gasteiger partial charge in [-0.15, -0.1) is 11.3 Å². The quantitative estimate of drug-likeness (QED) is 0.366. The third-order valence-corrected chi connectivity index (χ3v) is 9.19. The minimum atomic E-state index is -0.260. The lowest BCUT2D eigenvalue weighted by Gasteiger charge is -2.36. The first-order valence-corrected chi connectivity index (χ1v) is 14.5. The standard InChI is InChI=1S/C31H38N2O3S/c1-21-16-25(12-15-29(21)36-2)23-8-6-22(7-9-23)19-33(31(35)24-10-13-28(34)14-11-24)27-5-3-4-26(17-27)30-18-32-20-37-30/h3-5,12,15-18,20,22-24,28,34H,6-11,13-14,19H2,1-2H3/t22-,23-,24-,28-. The van der Waals surface area contributed by atoms with Gasteiger partial charge in [0.25, 0.3) is 0 Å². The number of hydrogen-bond acceptors (Lipinski definition) is 5. The van der Waals surface area contributed by atoms with Gasteiger partial charge in [0.1, 0.15) is 5.75 Å². The number of rotatable bonds is 7. The largest absolute Gasteiger partial charge is 0.496 e. The zero-order chi connectivity index (χ0) is 25.8. The number of thiazole rings is 1. The van der Waals surface area contributed by atoms with Gasteiger partial charge in [-0.25, -0.2) is 0 Å². The third kappa shape index (κ3) is 6.07. The van der Waals surface area contributed by atoms with Crippen molar-refractivity contribution < 1.29 is 14.6 Å². The average molecular weight is 519 g/mol. The van der Waals surface area contributed by atoms with Crippen LogP contribution >= 0.6 is 11.3 Å². The highest BCUT2D eigenvalue weighted by Gasteiger charge is 2.32. The van der Waals surface area contributed by atoms with Gasteiger partial charge in [0.05, 0.1) is 23.6 Å². The number of aliphatic hydroxyl groups excluding tert-OH is 1. The maximum absolute atomic E-state index is 13.9. The maximum atomic E-state index is 13.9. The minimum Gasteiger partial charge on any atom is -0.496 e. The molecule has 196 valence electrons. The van der Waals surface area contributed by atoms with Crippen molar-refractivity contribution in [2.45, 2.75) is 70.3 Å². The first-order valence-electron chi connectivity index (χ1n) is 13.6. The second kappa shape index (κ2) is 11.8. The van der Waals surface area contributed by atoms with Gasteiger partial charge in [0.2, 0.25) is 5.91 Å². The minimum absolute atomic E-state index is 0.00549. The van der Waals surface area contributed by atoms with Crippen molar-refractivity contribution in [1.29, 1.82) is 0 Å². The van der Waals surface area contributed by atoms with E-state index in [9.17, 15) is 9.90 Å². The van der Waals surface area contributed by atoms with Crippen LogP contribution in [-0.2, 0) is 4.79 Å². The molecule has 1 aromatic heterocycles. The van der Waals surface area contributed by atoms with Gasteiger partial charge in [-0.1, -0.05) is 24.3 Å². The summed E-state index contributed by atoms with van der Waals surface area (Å²) in [6.07, 6.45) is 9.15. The number of benzene rings is 2. The van der Waals surface area contributed by atoms with Gasteiger partial charge in [0.15, 0.2) is 0 Å². The van der Waals surface area contributed by atoms with Crippen LogP contribution in [0.2, 0.25) is 0 Å². The summed E-state index contributed by atoms with van der Waals surface area (Å²) in [5.74, 6) is 2.22. The number of carbonyl (C=O) groups is 1. The second-order valence-electron chi connectivity index (χ2n) is 10.8. The van der Waals surface area contributed by atoms with Crippen LogP contribution in [0.5, 0.6) is 5.75 Å². The van der Waals surface area contributed by atoms with E-state index in [2.05, 4.69) is 59.3 Å². The summed E-state index contributed by atoms with van der Waals surface area (Å²) in [5, 5.41) is 10.00. The van der Waals surface area contributed by atoms with Crippen molar-refractivity contribution in [1.82, 2.24) is 4.98 Å². The number of aromatic nitrogens is 1. The van der Waals surface area contributed by atoms with E-state index < -0.39 is 0 Å². The molecular formula is C31H38N2O3S. The summed E-state index contributed by atoms with van der Waals surface area (Å²) in [4.78, 5) is 21.3. The maximum Gasteiger partial charge on any atom is 0.230 e. The summed E-state index contributed by atoms with van der Waals surface area (Å²) < 4.78 is 5.45. The molecule has 2 aliphatic carbocycles. The van der Waals surface area contributed by atoms with Crippen LogP contribution in [-0.4, -0.2) is 35.8 Å². The Labute approximate surface area is 224 Å². The van der Waals surface area contributed by atoms with Gasteiger partial charge < -0.3 is 14.7 Å². The predicted molar refractivity (Wildman–Crippen MR) is 150 cm³/mol. The van der Waals surface area contributed by atoms with Crippen LogP contribution in [0.3, 0.4) is 0 Å².